The lowest BCUT2D eigenvalue weighted by Gasteiger charge is -2.37. The van der Waals surface area contributed by atoms with Crippen LogP contribution < -0.4 is 38.7 Å². The van der Waals surface area contributed by atoms with Gasteiger partial charge in [-0.3, -0.25) is 4.98 Å². The zero-order valence-corrected chi connectivity index (χ0v) is 73.3. The zero-order chi connectivity index (χ0) is 86.6. The largest absolute Gasteiger partial charge is 0.493 e. The molecule has 11 aromatic carbocycles. The highest BCUT2D eigenvalue weighted by Crippen LogP contribution is 2.59. The number of esters is 3. The molecule has 17 nitrogen and oxygen atoms in total. The van der Waals surface area contributed by atoms with Gasteiger partial charge in [0.25, 0.3) is 0 Å². The van der Waals surface area contributed by atoms with E-state index in [1.54, 1.807) is 18.3 Å². The van der Waals surface area contributed by atoms with E-state index in [2.05, 4.69) is 279 Å². The van der Waals surface area contributed by atoms with E-state index in [1.807, 2.05) is 86.6 Å². The van der Waals surface area contributed by atoms with Crippen molar-refractivity contribution in [1.82, 2.24) is 14.1 Å². The van der Waals surface area contributed by atoms with Crippen molar-refractivity contribution < 1.29 is 42.8 Å². The van der Waals surface area contributed by atoms with E-state index in [1.165, 1.54) is 66.8 Å². The molecule has 125 heavy (non-hydrogen) atoms. The second-order valence-electron chi connectivity index (χ2n) is 32.4. The van der Waals surface area contributed by atoms with Gasteiger partial charge in [-0.05, 0) is 221 Å². The van der Waals surface area contributed by atoms with Crippen LogP contribution in [0.3, 0.4) is 0 Å². The Hall–Kier alpha value is -13.8. The molecule has 1 unspecified atom stereocenters. The van der Waals surface area contributed by atoms with Crippen molar-refractivity contribution in [2.24, 2.45) is 0 Å². The van der Waals surface area contributed by atoms with Gasteiger partial charge in [0.15, 0.2) is 11.2 Å². The molecule has 0 N–H and O–H groups in total. The van der Waals surface area contributed by atoms with Gasteiger partial charge in [-0.15, -0.1) is 0 Å². The lowest BCUT2D eigenvalue weighted by molar-refractivity contribution is 0.0216. The number of rotatable bonds is 22. The number of benzene rings is 11. The van der Waals surface area contributed by atoms with Gasteiger partial charge >= 0.3 is 17.9 Å². The fourth-order valence-electron chi connectivity index (χ4n) is 20.2. The zero-order valence-electron chi connectivity index (χ0n) is 73.3. The molecule has 3 aromatic heterocycles. The molecule has 0 saturated heterocycles. The fourth-order valence-corrected chi connectivity index (χ4v) is 20.2. The third-order valence-electron chi connectivity index (χ3n) is 26.2. The van der Waals surface area contributed by atoms with E-state index >= 15 is 0 Å². The Morgan fingerprint density at radius 1 is 0.432 bits per heavy atom. The van der Waals surface area contributed by atoms with Crippen LogP contribution >= 0.6 is 0 Å². The van der Waals surface area contributed by atoms with Crippen molar-refractivity contribution in [2.75, 3.05) is 90.6 Å². The summed E-state index contributed by atoms with van der Waals surface area (Å²) in [4.78, 5) is 56.5. The van der Waals surface area contributed by atoms with Crippen molar-refractivity contribution in [3.63, 3.8) is 0 Å². The number of anilines is 7. The highest BCUT2D eigenvalue weighted by atomic mass is 16.6. The molecule has 632 valence electrons. The minimum absolute atomic E-state index is 0.304. The number of carbonyl (C=O) groups is 3. The smallest absolute Gasteiger partial charge is 0.341 e. The second-order valence-corrected chi connectivity index (χ2v) is 32.4. The number of fused-ring (bicyclic) bond motifs is 12. The monoisotopic (exact) mass is 1660 g/mol. The Labute approximate surface area is 732 Å². The Morgan fingerprint density at radius 2 is 0.872 bits per heavy atom. The van der Waals surface area contributed by atoms with Gasteiger partial charge < -0.3 is 62.1 Å². The first-order chi connectivity index (χ1) is 61.0. The Balaban J connectivity index is 0.000000128. The fraction of sp³-hybridized carbons (Fsp3) is 0.259. The summed E-state index contributed by atoms with van der Waals surface area (Å²) < 4.78 is 43.4. The minimum atomic E-state index is -1.33. The van der Waals surface area contributed by atoms with Gasteiger partial charge in [0.1, 0.15) is 28.7 Å². The molecular weight excluding hydrogens is 1550 g/mol. The summed E-state index contributed by atoms with van der Waals surface area (Å²) in [5.74, 6) is 1.69. The van der Waals surface area contributed by atoms with Crippen LogP contribution in [-0.4, -0.2) is 98.1 Å². The predicted octanol–water partition coefficient (Wildman–Crippen LogP) is 22.9. The van der Waals surface area contributed by atoms with Crippen molar-refractivity contribution in [1.29, 1.82) is 0 Å². The highest BCUT2D eigenvalue weighted by Gasteiger charge is 2.56. The molecule has 0 fully saturated rings. The van der Waals surface area contributed by atoms with E-state index in [9.17, 15) is 14.4 Å². The van der Waals surface area contributed by atoms with Crippen LogP contribution in [0.4, 0.5) is 39.8 Å². The summed E-state index contributed by atoms with van der Waals surface area (Å²) in [6.07, 6.45) is 5.96. The van der Waals surface area contributed by atoms with Gasteiger partial charge in [-0.2, -0.15) is 0 Å². The third-order valence-corrected chi connectivity index (χ3v) is 26.2. The number of hydrogen-bond donors (Lipinski definition) is 0. The van der Waals surface area contributed by atoms with E-state index in [0.717, 1.165) is 145 Å². The molecule has 6 aliphatic heterocycles. The molecule has 6 aliphatic rings. The normalized spacial score (nSPS) is 15.5. The van der Waals surface area contributed by atoms with Crippen LogP contribution in [0, 0.1) is 13.8 Å². The highest BCUT2D eigenvalue weighted by molar-refractivity contribution is 6.07. The first-order valence-corrected chi connectivity index (χ1v) is 44.3. The first kappa shape index (κ1) is 82.2. The van der Waals surface area contributed by atoms with E-state index < -0.39 is 22.8 Å². The Bertz CT molecular complexity index is 6290. The summed E-state index contributed by atoms with van der Waals surface area (Å²) in [5.41, 5.74) is 23.1. The van der Waals surface area contributed by atoms with Crippen LogP contribution in [-0.2, 0) is 56.9 Å². The van der Waals surface area contributed by atoms with Crippen LogP contribution in [0.15, 0.2) is 267 Å². The van der Waals surface area contributed by atoms with E-state index in [4.69, 9.17) is 33.4 Å². The molecule has 20 rings (SSSR count). The number of para-hydroxylation sites is 4. The maximum Gasteiger partial charge on any atom is 0.341 e. The molecule has 0 radical (unpaired) electrons. The van der Waals surface area contributed by atoms with Crippen LogP contribution in [0.25, 0.3) is 27.4 Å². The van der Waals surface area contributed by atoms with Crippen molar-refractivity contribution in [3.8, 4) is 23.0 Å². The maximum absolute atomic E-state index is 13.7. The summed E-state index contributed by atoms with van der Waals surface area (Å²) in [7, 11) is 2.09. The van der Waals surface area contributed by atoms with Crippen LogP contribution in [0.5, 0.6) is 23.0 Å². The molecule has 0 amide bonds. The molecule has 0 aliphatic carbocycles. The number of nitrogens with zero attached hydrogens (tertiary/aromatic N) is 8. The molecular formula is C108H106N8O9. The predicted molar refractivity (Wildman–Crippen MR) is 501 cm³/mol. The topological polar surface area (TPSA) is 146 Å². The standard InChI is InChI=1S/C41H41N3O2.C36H26N2O3.C31H39N3O4/c1-7-42(6)30-24-22-29(23-25-30)41(35-19-13-10-16-31(35)40(45)46-41)26-34(38-27(4)43(8-2)36-20-14-11-17-32(36)38)39-28(5)44(9-3)37-21-15-12-18-33(37)39;39-35-27-9-3-4-10-28(27)36(41-35)29-15-13-25(37-19-17-23-7-1-5-11-31(23)37)21-33(29)40-34-22-26(14-16-30(34)36)38-20-18-24-8-2-6-12-32(24)38;1-7-33(8-2)22-15-17-25(27(20-22)36-11-5)31(29-24(30(35)38-31)14-13-19-32-29)26-18-16-23(34(9-3)10-4)21-28(26)37-12-6/h10-26H,7-9H2,1-6H3;1-16,21-22H,17-20H2;13-21H,7-12H2,1-6H3. The van der Waals surface area contributed by atoms with Gasteiger partial charge in [-0.1, -0.05) is 121 Å². The molecule has 0 saturated carbocycles. The van der Waals surface area contributed by atoms with Gasteiger partial charge in [0, 0.05) is 219 Å². The molecule has 9 heterocycles. The Morgan fingerprint density at radius 3 is 1.38 bits per heavy atom. The average Bonchev–Trinajstić information content (AvgIpc) is 1.57. The average molecular weight is 1660 g/mol. The number of aromatic nitrogens is 3. The summed E-state index contributed by atoms with van der Waals surface area (Å²) in [6, 6.07) is 86.9. The van der Waals surface area contributed by atoms with Crippen molar-refractivity contribution in [2.45, 2.75) is 119 Å². The number of carbonyl (C=O) groups excluding carboxylic acids is 3. The maximum atomic E-state index is 13.7. The third kappa shape index (κ3) is 13.7. The van der Waals surface area contributed by atoms with Crippen molar-refractivity contribution in [3.05, 3.63) is 362 Å². The van der Waals surface area contributed by atoms with Crippen LogP contribution in [0.2, 0.25) is 0 Å². The van der Waals surface area contributed by atoms with Gasteiger partial charge in [-0.25, -0.2) is 14.4 Å². The van der Waals surface area contributed by atoms with Gasteiger partial charge in [0.05, 0.1) is 29.9 Å². The van der Waals surface area contributed by atoms with Crippen LogP contribution in [0.1, 0.15) is 172 Å². The Kier molecular flexibility index (Phi) is 22.2. The molecule has 1 atom stereocenters. The lowest BCUT2D eigenvalue weighted by atomic mass is 9.77. The quantitative estimate of drug-likeness (QED) is 0.0468. The van der Waals surface area contributed by atoms with Crippen molar-refractivity contribution >= 4 is 85.1 Å². The van der Waals surface area contributed by atoms with E-state index in [-0.39, 0.29) is 11.9 Å². The number of ether oxygens (including phenoxy) is 6. The van der Waals surface area contributed by atoms with Gasteiger partial charge in [0.2, 0.25) is 5.60 Å². The molecule has 0 bridgehead atoms. The molecule has 17 heteroatoms. The summed E-state index contributed by atoms with van der Waals surface area (Å²) in [5, 5.41) is 2.38. The lowest BCUT2D eigenvalue weighted by Crippen LogP contribution is -2.33. The molecule has 14 aromatic rings. The summed E-state index contributed by atoms with van der Waals surface area (Å²) >= 11 is 0. The minimum Gasteiger partial charge on any atom is -0.493 e. The number of cyclic esters (lactones) is 2. The summed E-state index contributed by atoms with van der Waals surface area (Å²) in [6.45, 7) is 32.2. The SMILES string of the molecule is CCN(C)c1ccc(C2(C=C(c3c(C)n(CC)c4ccccc34)c3c(C)n(CC)c4ccccc34)OC(=O)c3ccccc32)cc1.CCOc1cc(N(CC)CC)ccc1C1(c2ccc(N(CC)CC)cc2OCC)OC(=O)c2cccnc21.O=C1OC2(c3ccc(N4CCc5ccccc54)cc3Oc3cc(N4CCc5ccccc54)ccc32)c2ccccc21. The van der Waals surface area contributed by atoms with E-state index in [0.29, 0.717) is 58.6 Å². The molecule has 1 spiro atoms. The second kappa shape index (κ2) is 33.8. The first-order valence-electron chi connectivity index (χ1n) is 44.3. The number of aryl methyl sites for hydroxylation is 2. The number of hydrogen-bond acceptors (Lipinski definition) is 15. The number of pyridine rings is 1.